The number of fused-ring (bicyclic) bond motifs is 1. The van der Waals surface area contributed by atoms with E-state index in [1.165, 1.54) is 0 Å². The second-order valence-electron chi connectivity index (χ2n) is 5.53. The van der Waals surface area contributed by atoms with Crippen LogP contribution in [0.1, 0.15) is 12.0 Å². The summed E-state index contributed by atoms with van der Waals surface area (Å²) in [6.07, 6.45) is 3.07. The highest BCUT2D eigenvalue weighted by atomic mass is 16.5. The highest BCUT2D eigenvalue weighted by Gasteiger charge is 2.09. The monoisotopic (exact) mass is 308 g/mol. The molecular weight excluding hydrogens is 288 g/mol. The molecule has 23 heavy (non-hydrogen) atoms. The maximum atomic E-state index is 12.3. The number of para-hydroxylation sites is 1. The predicted molar refractivity (Wildman–Crippen MR) is 92.9 cm³/mol. The summed E-state index contributed by atoms with van der Waals surface area (Å²) in [6.45, 7) is 0. The summed E-state index contributed by atoms with van der Waals surface area (Å²) in [4.78, 5) is 12.3. The summed E-state index contributed by atoms with van der Waals surface area (Å²) in [5.74, 6) is 0.831. The molecule has 0 unspecified atom stereocenters. The number of amides is 1. The SMILES string of the molecule is COc1ccccc1CCC(=O)Nc1cccc2c1ccn2C. The van der Waals surface area contributed by atoms with Crippen LogP contribution < -0.4 is 10.1 Å². The zero-order chi connectivity index (χ0) is 16.2. The molecule has 0 aliphatic heterocycles. The number of hydrogen-bond acceptors (Lipinski definition) is 2. The molecule has 4 nitrogen and oxygen atoms in total. The van der Waals surface area contributed by atoms with Crippen molar-refractivity contribution in [2.75, 3.05) is 12.4 Å². The summed E-state index contributed by atoms with van der Waals surface area (Å²) in [5, 5.41) is 4.07. The quantitative estimate of drug-likeness (QED) is 0.780. The van der Waals surface area contributed by atoms with Crippen LogP contribution in [0.25, 0.3) is 10.9 Å². The Labute approximate surface area is 135 Å². The van der Waals surface area contributed by atoms with Gasteiger partial charge in [0.25, 0.3) is 0 Å². The number of carbonyl (C=O) groups excluding carboxylic acids is 1. The van der Waals surface area contributed by atoms with E-state index in [1.807, 2.05) is 66.3 Å². The van der Waals surface area contributed by atoms with Crippen molar-refractivity contribution in [2.45, 2.75) is 12.8 Å². The van der Waals surface area contributed by atoms with Gasteiger partial charge in [0.05, 0.1) is 12.8 Å². The molecule has 118 valence electrons. The Morgan fingerprint density at radius 1 is 1.13 bits per heavy atom. The second kappa shape index (κ2) is 6.57. The number of hydrogen-bond donors (Lipinski definition) is 1. The van der Waals surface area contributed by atoms with Crippen LogP contribution >= 0.6 is 0 Å². The highest BCUT2D eigenvalue weighted by molar-refractivity contribution is 6.01. The van der Waals surface area contributed by atoms with E-state index in [4.69, 9.17) is 4.74 Å². The number of nitrogens with zero attached hydrogens (tertiary/aromatic N) is 1. The van der Waals surface area contributed by atoms with Crippen molar-refractivity contribution in [1.82, 2.24) is 4.57 Å². The number of nitrogens with one attached hydrogen (secondary N) is 1. The molecule has 0 spiro atoms. The second-order valence-corrected chi connectivity index (χ2v) is 5.53. The van der Waals surface area contributed by atoms with Crippen LogP contribution in [-0.2, 0) is 18.3 Å². The number of methoxy groups -OCH3 is 1. The van der Waals surface area contributed by atoms with Gasteiger partial charge in [-0.1, -0.05) is 24.3 Å². The largest absolute Gasteiger partial charge is 0.496 e. The lowest BCUT2D eigenvalue weighted by Gasteiger charge is -2.09. The number of aryl methyl sites for hydroxylation is 2. The standard InChI is InChI=1S/C19H20N2O2/c1-21-13-12-15-16(7-5-8-17(15)21)20-19(22)11-10-14-6-3-4-9-18(14)23-2/h3-9,12-13H,10-11H2,1-2H3,(H,20,22). The summed E-state index contributed by atoms with van der Waals surface area (Å²) in [5.41, 5.74) is 3.00. The van der Waals surface area contributed by atoms with E-state index in [2.05, 4.69) is 5.32 Å². The highest BCUT2D eigenvalue weighted by Crippen LogP contribution is 2.24. The van der Waals surface area contributed by atoms with Gasteiger partial charge in [-0.15, -0.1) is 0 Å². The topological polar surface area (TPSA) is 43.3 Å². The van der Waals surface area contributed by atoms with Crippen LogP contribution in [-0.4, -0.2) is 17.6 Å². The molecule has 0 atom stereocenters. The Morgan fingerprint density at radius 3 is 2.78 bits per heavy atom. The Morgan fingerprint density at radius 2 is 1.96 bits per heavy atom. The number of benzene rings is 2. The zero-order valence-corrected chi connectivity index (χ0v) is 13.4. The lowest BCUT2D eigenvalue weighted by atomic mass is 10.1. The van der Waals surface area contributed by atoms with Crippen molar-refractivity contribution < 1.29 is 9.53 Å². The third kappa shape index (κ3) is 3.21. The molecule has 1 aromatic heterocycles. The van der Waals surface area contributed by atoms with Crippen LogP contribution in [0.4, 0.5) is 5.69 Å². The molecule has 0 radical (unpaired) electrons. The first-order chi connectivity index (χ1) is 11.2. The number of anilines is 1. The molecule has 4 heteroatoms. The fraction of sp³-hybridized carbons (Fsp3) is 0.211. The average molecular weight is 308 g/mol. The third-order valence-electron chi connectivity index (χ3n) is 4.02. The van der Waals surface area contributed by atoms with E-state index >= 15 is 0 Å². The van der Waals surface area contributed by atoms with Gasteiger partial charge >= 0.3 is 0 Å². The number of aromatic nitrogens is 1. The van der Waals surface area contributed by atoms with Crippen LogP contribution in [0.2, 0.25) is 0 Å². The van der Waals surface area contributed by atoms with E-state index in [0.717, 1.165) is 27.9 Å². The normalized spacial score (nSPS) is 10.7. The molecule has 2 aromatic carbocycles. The molecular formula is C19H20N2O2. The lowest BCUT2D eigenvalue weighted by molar-refractivity contribution is -0.116. The van der Waals surface area contributed by atoms with Crippen molar-refractivity contribution in [1.29, 1.82) is 0 Å². The first-order valence-electron chi connectivity index (χ1n) is 7.65. The van der Waals surface area contributed by atoms with Gasteiger partial charge in [-0.05, 0) is 36.2 Å². The number of carbonyl (C=O) groups is 1. The summed E-state index contributed by atoms with van der Waals surface area (Å²) in [6, 6.07) is 15.7. The fourth-order valence-corrected chi connectivity index (χ4v) is 2.78. The Balaban J connectivity index is 1.69. The van der Waals surface area contributed by atoms with Crippen LogP contribution in [0.3, 0.4) is 0 Å². The van der Waals surface area contributed by atoms with Gasteiger partial charge < -0.3 is 14.6 Å². The predicted octanol–water partition coefficient (Wildman–Crippen LogP) is 3.76. The van der Waals surface area contributed by atoms with Crippen LogP contribution in [0.5, 0.6) is 5.75 Å². The molecule has 0 aliphatic carbocycles. The van der Waals surface area contributed by atoms with Gasteiger partial charge in [-0.3, -0.25) is 4.79 Å². The minimum atomic E-state index is 0.00672. The minimum absolute atomic E-state index is 0.00672. The zero-order valence-electron chi connectivity index (χ0n) is 13.4. The summed E-state index contributed by atoms with van der Waals surface area (Å²) < 4.78 is 7.36. The first-order valence-corrected chi connectivity index (χ1v) is 7.65. The van der Waals surface area contributed by atoms with Crippen molar-refractivity contribution >= 4 is 22.5 Å². The molecule has 1 amide bonds. The van der Waals surface area contributed by atoms with Gasteiger partial charge in [0.1, 0.15) is 5.75 Å². The molecule has 0 fully saturated rings. The average Bonchev–Trinajstić information content (AvgIpc) is 2.96. The molecule has 3 aromatic rings. The van der Waals surface area contributed by atoms with Crippen molar-refractivity contribution in [3.8, 4) is 5.75 Å². The van der Waals surface area contributed by atoms with Crippen molar-refractivity contribution in [3.63, 3.8) is 0 Å². The molecule has 1 N–H and O–H groups in total. The van der Waals surface area contributed by atoms with E-state index in [1.54, 1.807) is 7.11 Å². The first kappa shape index (κ1) is 15.2. The minimum Gasteiger partial charge on any atom is -0.496 e. The van der Waals surface area contributed by atoms with Gasteiger partial charge in [0.2, 0.25) is 5.91 Å². The molecule has 0 bridgehead atoms. The van der Waals surface area contributed by atoms with Gasteiger partial charge in [-0.25, -0.2) is 0 Å². The maximum Gasteiger partial charge on any atom is 0.224 e. The van der Waals surface area contributed by atoms with E-state index in [0.29, 0.717) is 12.8 Å². The molecule has 3 rings (SSSR count). The van der Waals surface area contributed by atoms with E-state index in [-0.39, 0.29) is 5.91 Å². The number of rotatable bonds is 5. The Kier molecular flexibility index (Phi) is 4.33. The molecule has 0 saturated heterocycles. The lowest BCUT2D eigenvalue weighted by Crippen LogP contribution is -2.12. The molecule has 0 saturated carbocycles. The van der Waals surface area contributed by atoms with Crippen LogP contribution in [0, 0.1) is 0 Å². The number of ether oxygens (including phenoxy) is 1. The van der Waals surface area contributed by atoms with Crippen LogP contribution in [0.15, 0.2) is 54.7 Å². The Hall–Kier alpha value is -2.75. The van der Waals surface area contributed by atoms with E-state index in [9.17, 15) is 4.79 Å². The smallest absolute Gasteiger partial charge is 0.224 e. The van der Waals surface area contributed by atoms with Gasteiger partial charge in [-0.2, -0.15) is 0 Å². The summed E-state index contributed by atoms with van der Waals surface area (Å²) in [7, 11) is 3.64. The third-order valence-corrected chi connectivity index (χ3v) is 4.02. The van der Waals surface area contributed by atoms with Gasteiger partial charge in [0, 0.05) is 30.6 Å². The fourth-order valence-electron chi connectivity index (χ4n) is 2.78. The molecule has 0 aliphatic rings. The van der Waals surface area contributed by atoms with Gasteiger partial charge in [0.15, 0.2) is 0 Å². The molecule has 1 heterocycles. The Bertz CT molecular complexity index is 836. The van der Waals surface area contributed by atoms with Crippen molar-refractivity contribution in [3.05, 3.63) is 60.3 Å². The maximum absolute atomic E-state index is 12.3. The van der Waals surface area contributed by atoms with E-state index < -0.39 is 0 Å². The summed E-state index contributed by atoms with van der Waals surface area (Å²) >= 11 is 0. The van der Waals surface area contributed by atoms with Crippen molar-refractivity contribution in [2.24, 2.45) is 7.05 Å².